The number of amides is 2. The number of aliphatic hydroxyl groups excluding tert-OH is 1. The number of methoxy groups -OCH3 is 1. The second kappa shape index (κ2) is 70.6. The van der Waals surface area contributed by atoms with Crippen molar-refractivity contribution < 1.29 is 109 Å². The summed E-state index contributed by atoms with van der Waals surface area (Å²) in [5.41, 5.74) is 13.1. The third-order valence-corrected chi connectivity index (χ3v) is 31.5. The molecule has 0 spiro atoms. The zero-order valence-electron chi connectivity index (χ0n) is 63.7. The van der Waals surface area contributed by atoms with E-state index in [1.165, 1.54) is 5.56 Å². The predicted octanol–water partition coefficient (Wildman–Crippen LogP) is 4.89. The molecular weight excluding hydrogens is 1410 g/mol. The monoisotopic (exact) mass is 1540 g/mol. The lowest BCUT2D eigenvalue weighted by atomic mass is 10.1. The zero-order chi connectivity index (χ0) is 74.8. The Hall–Kier alpha value is -2.01. The van der Waals surface area contributed by atoms with Crippen LogP contribution in [0.3, 0.4) is 0 Å². The van der Waals surface area contributed by atoms with Crippen molar-refractivity contribution in [1.82, 2.24) is 26.2 Å². The third kappa shape index (κ3) is 53.7. The largest absolute Gasteiger partial charge is 0.500 e. The number of hydrogen-bond donors (Lipinski definition) is 7. The van der Waals surface area contributed by atoms with E-state index in [1.54, 1.807) is 142 Å². The van der Waals surface area contributed by atoms with Crippen molar-refractivity contribution in [1.29, 1.82) is 0 Å². The molecule has 0 heterocycles. The molecule has 1 aromatic carbocycles. The molecule has 0 aliphatic heterocycles. The molecule has 38 heteroatoms. The minimum atomic E-state index is -2.53. The van der Waals surface area contributed by atoms with Crippen LogP contribution in [-0.2, 0) is 105 Å². The molecule has 0 saturated heterocycles. The number of nitrogens with two attached hydrogens (primary N) is 2. The molecule has 0 aliphatic carbocycles. The van der Waals surface area contributed by atoms with Gasteiger partial charge in [-0.15, -0.1) is 12.4 Å². The van der Waals surface area contributed by atoms with Crippen molar-refractivity contribution in [3.05, 3.63) is 54.1 Å². The van der Waals surface area contributed by atoms with Crippen LogP contribution in [0.2, 0.25) is 36.3 Å². The summed E-state index contributed by atoms with van der Waals surface area (Å²) in [7, 11) is 18.0. The van der Waals surface area contributed by atoms with Gasteiger partial charge in [0.2, 0.25) is 0 Å². The number of nitrogens with one attached hydrogen (secondary N) is 4. The van der Waals surface area contributed by atoms with Gasteiger partial charge < -0.3 is 137 Å². The standard InChI is InChI=1S/C17H30N2O3Si.C10H20O5Si.C9H23NO4Si.C9H22O5Si.C8H22N2O3Si.C7H18N2O4Si.ClH/c1-5-16-7-9-17(10-8-16)15-19-13-12-18-11-6-14-23(20-2,21-3)22-4;1-9(2)10(11)15-7-6-8-16(12-3,13-4)14-5;1-10(7-8-11)6-5-9-15(12-2,13-3)14-4;1-10-7-8-14-6-5-9-15(11-2,12-3)13-4;1-11-14(12-2,13-3)8-4-6-10-7-5-9;1-11-14(12-2,13-3)6-4-5-9-7(8)10;/h5,7-10,18-19H,1,6,11-15H2,2-4H3;1,6-8H2,2-5H3;11H,5-9H2,1-4H3;5-9H2,1-4H3;10H,4-9H2,1-3H3;4-6H2,1-3H3,(H3,8,9,10);1H. The van der Waals surface area contributed by atoms with Crippen LogP contribution in [-0.4, -0.2) is 309 Å². The normalized spacial score (nSPS) is 11.6. The molecule has 1 aromatic rings. The van der Waals surface area contributed by atoms with Crippen LogP contribution in [0.15, 0.2) is 43.0 Å². The number of nitrogens with zero attached hydrogens (tertiary/aromatic N) is 1. The van der Waals surface area contributed by atoms with Gasteiger partial charge >= 0.3 is 64.8 Å². The number of aliphatic hydroxyl groups is 1. The Kier molecular flexibility index (Phi) is 77.1. The number of benzene rings is 1. The Morgan fingerprint density at radius 3 is 1.16 bits per heavy atom. The maximum atomic E-state index is 11.1. The minimum Gasteiger partial charge on any atom is -0.462 e. The van der Waals surface area contributed by atoms with Gasteiger partial charge in [0.05, 0.1) is 26.4 Å². The Morgan fingerprint density at radius 1 is 0.480 bits per heavy atom. The second-order valence-corrected chi connectivity index (χ2v) is 39.2. The predicted molar refractivity (Wildman–Crippen MR) is 398 cm³/mol. The fourth-order valence-electron chi connectivity index (χ4n) is 8.31. The summed E-state index contributed by atoms with van der Waals surface area (Å²) in [6, 6.07) is 12.4. The second-order valence-electron chi connectivity index (χ2n) is 20.6. The van der Waals surface area contributed by atoms with E-state index in [-0.39, 0.29) is 25.0 Å². The summed E-state index contributed by atoms with van der Waals surface area (Å²) in [6.45, 7) is 19.5. The highest BCUT2D eigenvalue weighted by Crippen LogP contribution is 2.19. The van der Waals surface area contributed by atoms with E-state index in [0.717, 1.165) is 101 Å². The summed E-state index contributed by atoms with van der Waals surface area (Å²) in [5.74, 6) is -0.375. The maximum Gasteiger partial charge on any atom is 0.500 e. The topological polar surface area (TPSA) is 352 Å². The molecule has 586 valence electrons. The van der Waals surface area contributed by atoms with Gasteiger partial charge in [0.15, 0.2) is 0 Å². The highest BCUT2D eigenvalue weighted by atomic mass is 35.5. The summed E-state index contributed by atoms with van der Waals surface area (Å²) >= 11 is 0. The minimum absolute atomic E-state index is 0. The smallest absolute Gasteiger partial charge is 0.462 e. The number of primary amides is 1. The van der Waals surface area contributed by atoms with Crippen molar-refractivity contribution in [2.75, 3.05) is 234 Å². The van der Waals surface area contributed by atoms with Crippen LogP contribution in [0.25, 0.3) is 6.08 Å². The molecule has 0 radical (unpaired) electrons. The van der Waals surface area contributed by atoms with Crippen molar-refractivity contribution in [2.24, 2.45) is 11.5 Å². The van der Waals surface area contributed by atoms with Gasteiger partial charge in [-0.1, -0.05) is 43.5 Å². The fourth-order valence-corrected chi connectivity index (χ4v) is 18.6. The fraction of sp³-hybridized carbons (Fsp3) is 0.800. The molecule has 1 rings (SSSR count). The molecule has 0 aliphatic rings. The molecule has 0 unspecified atom stereocenters. The quantitative estimate of drug-likeness (QED) is 0.0197. The SMILES string of the molecule is C=C(C)C(=O)OCCC[Si](OC)(OC)OC.C=Cc1ccc(CNCCNCCC[Si](OC)(OC)OC)cc1.COCCOCCC[Si](OC)(OC)OC.CO[Si](CCCN(C)CCO)(OC)OC.CO[Si](CCCNC(N)=O)(OC)OC.CO[Si](CCCNCCN)(OC)OC.Cl. The number of likely N-dealkylation sites (N-methyl/N-ethyl adjacent to an activating group) is 1. The third-order valence-electron chi connectivity index (χ3n) is 14.5. The average molecular weight is 1540 g/mol. The van der Waals surface area contributed by atoms with Crippen LogP contribution in [0.1, 0.15) is 56.6 Å². The number of carbonyl (C=O) groups is 2. The van der Waals surface area contributed by atoms with Gasteiger partial charge in [-0.05, 0) is 83.3 Å². The van der Waals surface area contributed by atoms with Gasteiger partial charge in [-0.3, -0.25) is 0 Å². The number of rotatable bonds is 56. The van der Waals surface area contributed by atoms with Gasteiger partial charge in [0.1, 0.15) is 0 Å². The molecule has 9 N–H and O–H groups in total. The van der Waals surface area contributed by atoms with Gasteiger partial charge in [0, 0.05) is 229 Å². The van der Waals surface area contributed by atoms with E-state index >= 15 is 0 Å². The van der Waals surface area contributed by atoms with Crippen LogP contribution >= 0.6 is 12.4 Å². The van der Waals surface area contributed by atoms with Gasteiger partial charge in [-0.2, -0.15) is 0 Å². The first-order chi connectivity index (χ1) is 46.4. The first kappa shape index (κ1) is 107. The number of esters is 1. The number of urea groups is 1. The maximum absolute atomic E-state index is 11.1. The van der Waals surface area contributed by atoms with Crippen LogP contribution < -0.4 is 32.7 Å². The van der Waals surface area contributed by atoms with E-state index in [2.05, 4.69) is 63.6 Å². The lowest BCUT2D eigenvalue weighted by molar-refractivity contribution is -0.139. The molecule has 2 amide bonds. The van der Waals surface area contributed by atoms with E-state index in [0.29, 0.717) is 76.6 Å². The molecule has 0 fully saturated rings. The molecule has 98 heavy (non-hydrogen) atoms. The van der Waals surface area contributed by atoms with Gasteiger partial charge in [-0.25, -0.2) is 9.59 Å². The Morgan fingerprint density at radius 2 is 0.827 bits per heavy atom. The van der Waals surface area contributed by atoms with Crippen molar-refractivity contribution in [3.63, 3.8) is 0 Å². The molecule has 31 nitrogen and oxygen atoms in total. The molecular formula is C60H136ClN7O24Si6. The average Bonchev–Trinajstić information content (AvgIpc) is 2.38. The van der Waals surface area contributed by atoms with Crippen LogP contribution in [0, 0.1) is 0 Å². The Balaban J connectivity index is -0.000000261. The van der Waals surface area contributed by atoms with E-state index in [1.807, 2.05) is 13.1 Å². The summed E-state index contributed by atoms with van der Waals surface area (Å²) < 4.78 is 110. The lowest BCUT2D eigenvalue weighted by Crippen LogP contribution is -2.43. The van der Waals surface area contributed by atoms with E-state index in [9.17, 15) is 9.59 Å². The first-order valence-corrected chi connectivity index (χ1v) is 43.7. The van der Waals surface area contributed by atoms with E-state index < -0.39 is 58.9 Å². The van der Waals surface area contributed by atoms with Crippen molar-refractivity contribution >= 4 is 83.3 Å². The van der Waals surface area contributed by atoms with Crippen LogP contribution in [0.5, 0.6) is 0 Å². The molecule has 0 atom stereocenters. The Labute approximate surface area is 603 Å². The molecule has 0 saturated carbocycles. The number of halogens is 1. The number of carbonyl (C=O) groups excluding carboxylic acids is 2. The number of hydrogen-bond acceptors (Lipinski definition) is 29. The van der Waals surface area contributed by atoms with E-state index in [4.69, 9.17) is 110 Å². The first-order valence-electron chi connectivity index (χ1n) is 32.1. The Bertz CT molecular complexity index is 1910. The zero-order valence-corrected chi connectivity index (χ0v) is 70.6. The highest BCUT2D eigenvalue weighted by Gasteiger charge is 2.41. The molecule has 0 bridgehead atoms. The van der Waals surface area contributed by atoms with Crippen molar-refractivity contribution in [3.8, 4) is 0 Å². The summed E-state index contributed by atoms with van der Waals surface area (Å²) in [6.07, 6.45) is 6.97. The molecule has 0 aromatic heterocycles. The van der Waals surface area contributed by atoms with Crippen molar-refractivity contribution in [2.45, 2.75) is 88.3 Å². The summed E-state index contributed by atoms with van der Waals surface area (Å²) in [4.78, 5) is 23.5. The number of ether oxygens (including phenoxy) is 3. The highest BCUT2D eigenvalue weighted by molar-refractivity contribution is 6.62. The van der Waals surface area contributed by atoms with Crippen LogP contribution in [0.4, 0.5) is 4.79 Å². The van der Waals surface area contributed by atoms with Gasteiger partial charge in [0.25, 0.3) is 0 Å². The lowest BCUT2D eigenvalue weighted by Gasteiger charge is -2.25. The summed E-state index contributed by atoms with van der Waals surface area (Å²) in [5, 5.41) is 21.3.